The highest BCUT2D eigenvalue weighted by Gasteiger charge is 2.11. The summed E-state index contributed by atoms with van der Waals surface area (Å²) < 4.78 is 1.87. The van der Waals surface area contributed by atoms with Crippen molar-refractivity contribution >= 4 is 17.7 Å². The van der Waals surface area contributed by atoms with Gasteiger partial charge in [-0.25, -0.2) is 9.67 Å². The lowest BCUT2D eigenvalue weighted by Gasteiger charge is -2.06. The average Bonchev–Trinajstić information content (AvgIpc) is 3.06. The number of para-hydroxylation sites is 1. The number of carbonyl (C=O) groups excluding carboxylic acids is 1. The average molecular weight is 425 g/mol. The summed E-state index contributed by atoms with van der Waals surface area (Å²) in [6, 6.07) is 18.5. The van der Waals surface area contributed by atoms with Gasteiger partial charge in [-0.15, -0.1) is 0 Å². The molecule has 0 fully saturated rings. The Hall–Kier alpha value is -4.26. The van der Waals surface area contributed by atoms with Crippen LogP contribution in [0, 0.1) is 20.8 Å². The molecule has 0 bridgehead atoms. The van der Waals surface area contributed by atoms with E-state index < -0.39 is 0 Å². The number of nitrogens with one attached hydrogen (secondary N) is 2. The van der Waals surface area contributed by atoms with E-state index in [9.17, 15) is 9.59 Å². The summed E-state index contributed by atoms with van der Waals surface area (Å²) in [7, 11) is 0. The van der Waals surface area contributed by atoms with Gasteiger partial charge in [-0.3, -0.25) is 9.59 Å². The molecule has 2 heterocycles. The number of carbonyl (C=O) groups is 1. The normalized spacial score (nSPS) is 11.1. The van der Waals surface area contributed by atoms with E-state index in [0.29, 0.717) is 22.8 Å². The van der Waals surface area contributed by atoms with E-state index in [0.717, 1.165) is 22.6 Å². The van der Waals surface area contributed by atoms with Gasteiger partial charge in [0.2, 0.25) is 5.91 Å². The smallest absolute Gasteiger partial charge is 0.251 e. The molecule has 160 valence electrons. The standard InChI is InChI=1S/C25H23N5O2/c1-16-14-24(32)28-25(26-16)19-8-7-9-20(15-19)27-23(31)13-12-22-17(2)29-30(18(22)3)21-10-5-4-6-11-21/h4-15H,1-3H3,(H,27,31)(H,26,28,32)/b13-12+. The Morgan fingerprint density at radius 2 is 1.81 bits per heavy atom. The lowest BCUT2D eigenvalue weighted by atomic mass is 10.1. The number of H-pyrrole nitrogens is 1. The number of hydrogen-bond donors (Lipinski definition) is 2. The first-order chi connectivity index (χ1) is 15.4. The van der Waals surface area contributed by atoms with Crippen molar-refractivity contribution in [3.05, 3.63) is 99.7 Å². The molecular formula is C25H23N5O2. The van der Waals surface area contributed by atoms with Gasteiger partial charge in [-0.1, -0.05) is 30.3 Å². The molecule has 0 aliphatic rings. The molecule has 0 aliphatic carbocycles. The second-order valence-electron chi connectivity index (χ2n) is 7.47. The van der Waals surface area contributed by atoms with Crippen LogP contribution in [0.5, 0.6) is 0 Å². The molecule has 4 rings (SSSR count). The Kier molecular flexibility index (Phi) is 5.81. The molecule has 7 nitrogen and oxygen atoms in total. The van der Waals surface area contributed by atoms with E-state index in [2.05, 4.69) is 20.4 Å². The molecule has 0 saturated heterocycles. The largest absolute Gasteiger partial charge is 0.322 e. The number of anilines is 1. The molecule has 2 aromatic carbocycles. The van der Waals surface area contributed by atoms with Crippen molar-refractivity contribution in [2.75, 3.05) is 5.32 Å². The molecule has 7 heteroatoms. The molecule has 0 atom stereocenters. The van der Waals surface area contributed by atoms with Crippen LogP contribution in [0.2, 0.25) is 0 Å². The number of aromatic nitrogens is 4. The zero-order valence-corrected chi connectivity index (χ0v) is 18.1. The van der Waals surface area contributed by atoms with Crippen molar-refractivity contribution in [2.45, 2.75) is 20.8 Å². The van der Waals surface area contributed by atoms with Crippen LogP contribution in [0.25, 0.3) is 23.2 Å². The zero-order chi connectivity index (χ0) is 22.7. The third kappa shape index (κ3) is 4.57. The van der Waals surface area contributed by atoms with E-state index in [4.69, 9.17) is 0 Å². The number of hydrogen-bond acceptors (Lipinski definition) is 4. The Morgan fingerprint density at radius 3 is 2.56 bits per heavy atom. The van der Waals surface area contributed by atoms with Crippen molar-refractivity contribution in [1.82, 2.24) is 19.7 Å². The summed E-state index contributed by atoms with van der Waals surface area (Å²) in [5.74, 6) is 0.195. The summed E-state index contributed by atoms with van der Waals surface area (Å²) in [4.78, 5) is 31.3. The van der Waals surface area contributed by atoms with E-state index in [1.165, 1.54) is 12.1 Å². The third-order valence-electron chi connectivity index (χ3n) is 5.02. The Morgan fingerprint density at radius 1 is 1.03 bits per heavy atom. The molecule has 0 radical (unpaired) electrons. The number of aromatic amines is 1. The fourth-order valence-corrected chi connectivity index (χ4v) is 3.52. The predicted octanol–water partition coefficient (Wildman–Crippen LogP) is 4.20. The number of nitrogens with zero attached hydrogens (tertiary/aromatic N) is 3. The van der Waals surface area contributed by atoms with Crippen molar-refractivity contribution in [3.63, 3.8) is 0 Å². The predicted molar refractivity (Wildman–Crippen MR) is 126 cm³/mol. The van der Waals surface area contributed by atoms with Gasteiger partial charge in [0.25, 0.3) is 5.56 Å². The van der Waals surface area contributed by atoms with Crippen LogP contribution in [0.3, 0.4) is 0 Å². The Labute approximate surface area is 185 Å². The van der Waals surface area contributed by atoms with Gasteiger partial charge in [0.05, 0.1) is 11.4 Å². The number of benzene rings is 2. The van der Waals surface area contributed by atoms with Gasteiger partial charge >= 0.3 is 0 Å². The van der Waals surface area contributed by atoms with Crippen LogP contribution in [0.4, 0.5) is 5.69 Å². The van der Waals surface area contributed by atoms with Crippen LogP contribution >= 0.6 is 0 Å². The van der Waals surface area contributed by atoms with Gasteiger partial charge in [0.15, 0.2) is 0 Å². The minimum absolute atomic E-state index is 0.216. The molecule has 4 aromatic rings. The third-order valence-corrected chi connectivity index (χ3v) is 5.02. The summed E-state index contributed by atoms with van der Waals surface area (Å²) in [6.07, 6.45) is 3.27. The van der Waals surface area contributed by atoms with Gasteiger partial charge < -0.3 is 10.3 Å². The van der Waals surface area contributed by atoms with Crippen LogP contribution in [-0.2, 0) is 4.79 Å². The Balaban J connectivity index is 1.52. The van der Waals surface area contributed by atoms with Crippen molar-refractivity contribution < 1.29 is 4.79 Å². The monoisotopic (exact) mass is 425 g/mol. The quantitative estimate of drug-likeness (QED) is 0.469. The molecule has 0 aliphatic heterocycles. The molecule has 0 unspecified atom stereocenters. The van der Waals surface area contributed by atoms with Crippen LogP contribution < -0.4 is 10.9 Å². The van der Waals surface area contributed by atoms with Crippen molar-refractivity contribution in [3.8, 4) is 17.1 Å². The number of aryl methyl sites for hydroxylation is 2. The fraction of sp³-hybridized carbons (Fsp3) is 0.120. The maximum Gasteiger partial charge on any atom is 0.251 e. The van der Waals surface area contributed by atoms with Gasteiger partial charge in [0.1, 0.15) is 5.82 Å². The van der Waals surface area contributed by atoms with E-state index in [-0.39, 0.29) is 11.5 Å². The van der Waals surface area contributed by atoms with Crippen LogP contribution in [0.15, 0.2) is 71.5 Å². The van der Waals surface area contributed by atoms with Gasteiger partial charge in [-0.05, 0) is 51.1 Å². The lowest BCUT2D eigenvalue weighted by Crippen LogP contribution is -2.10. The van der Waals surface area contributed by atoms with E-state index >= 15 is 0 Å². The van der Waals surface area contributed by atoms with Crippen LogP contribution in [0.1, 0.15) is 22.6 Å². The number of rotatable bonds is 5. The van der Waals surface area contributed by atoms with Crippen LogP contribution in [-0.4, -0.2) is 25.7 Å². The SMILES string of the molecule is Cc1cc(=O)[nH]c(-c2cccc(NC(=O)/C=C/c3c(C)nn(-c4ccccc4)c3C)c2)n1. The highest BCUT2D eigenvalue weighted by molar-refractivity contribution is 6.02. The zero-order valence-electron chi connectivity index (χ0n) is 18.1. The topological polar surface area (TPSA) is 92.7 Å². The lowest BCUT2D eigenvalue weighted by molar-refractivity contribution is -0.111. The van der Waals surface area contributed by atoms with Crippen molar-refractivity contribution in [1.29, 1.82) is 0 Å². The van der Waals surface area contributed by atoms with E-state index in [1.807, 2.05) is 54.9 Å². The minimum Gasteiger partial charge on any atom is -0.322 e. The highest BCUT2D eigenvalue weighted by Crippen LogP contribution is 2.21. The molecule has 2 N–H and O–H groups in total. The van der Waals surface area contributed by atoms with Crippen molar-refractivity contribution in [2.24, 2.45) is 0 Å². The maximum absolute atomic E-state index is 12.5. The summed E-state index contributed by atoms with van der Waals surface area (Å²) in [5.41, 5.74) is 5.39. The molecule has 1 amide bonds. The molecule has 0 spiro atoms. The van der Waals surface area contributed by atoms with E-state index in [1.54, 1.807) is 31.2 Å². The molecule has 2 aromatic heterocycles. The minimum atomic E-state index is -0.265. The Bertz CT molecular complexity index is 1370. The highest BCUT2D eigenvalue weighted by atomic mass is 16.1. The molecule has 0 saturated carbocycles. The first-order valence-corrected chi connectivity index (χ1v) is 10.2. The summed E-state index contributed by atoms with van der Waals surface area (Å²) in [5, 5.41) is 7.46. The summed E-state index contributed by atoms with van der Waals surface area (Å²) >= 11 is 0. The van der Waals surface area contributed by atoms with Gasteiger partial charge in [-0.2, -0.15) is 5.10 Å². The molecule has 32 heavy (non-hydrogen) atoms. The number of amides is 1. The van der Waals surface area contributed by atoms with Gasteiger partial charge in [0, 0.05) is 40.3 Å². The summed E-state index contributed by atoms with van der Waals surface area (Å²) in [6.45, 7) is 5.66. The second kappa shape index (κ2) is 8.85. The second-order valence-corrected chi connectivity index (χ2v) is 7.47. The molecular weight excluding hydrogens is 402 g/mol. The fourth-order valence-electron chi connectivity index (χ4n) is 3.52. The first-order valence-electron chi connectivity index (χ1n) is 10.2. The first kappa shape index (κ1) is 21.0. The maximum atomic E-state index is 12.5.